The van der Waals surface area contributed by atoms with E-state index in [9.17, 15) is 0 Å². The summed E-state index contributed by atoms with van der Waals surface area (Å²) in [6, 6.07) is 85.7. The van der Waals surface area contributed by atoms with Gasteiger partial charge in [0.15, 0.2) is 5.82 Å². The molecule has 62 heavy (non-hydrogen) atoms. The minimum absolute atomic E-state index is 0.712. The first-order valence-electron chi connectivity index (χ1n) is 21.0. The van der Waals surface area contributed by atoms with Gasteiger partial charge in [0.2, 0.25) is 0 Å². The molecule has 0 unspecified atom stereocenters. The molecule has 0 aliphatic rings. The number of rotatable bonds is 9. The van der Waals surface area contributed by atoms with Crippen LogP contribution in [0.2, 0.25) is 0 Å². The number of aromatic nitrogens is 3. The highest BCUT2D eigenvalue weighted by Crippen LogP contribution is 2.39. The number of hydrogen-bond donors (Lipinski definition) is 0. The zero-order valence-electron chi connectivity index (χ0n) is 33.9. The van der Waals surface area contributed by atoms with Crippen LogP contribution in [0.1, 0.15) is 0 Å². The van der Waals surface area contributed by atoms with E-state index in [-0.39, 0.29) is 0 Å². The fourth-order valence-corrected chi connectivity index (χ4v) is 8.54. The normalized spacial score (nSPS) is 11.2. The standard InChI is InChI=1S/C58H40N4/c1-5-15-44(16-6-1)54-40-55(60-58(59-54)46-17-7-2-8-18-46)45-27-25-41(26-28-45)42-29-34-50(35-30-42)61(48-19-9-3-10-20-48)51-36-31-43(32-37-51)47-33-38-57-53(39-47)52-23-13-14-24-56(52)62(57)49-21-11-4-12-22-49/h1-40H. The van der Waals surface area contributed by atoms with Gasteiger partial charge < -0.3 is 9.47 Å². The Hall–Kier alpha value is -8.34. The van der Waals surface area contributed by atoms with Crippen LogP contribution in [0.4, 0.5) is 17.1 Å². The summed E-state index contributed by atoms with van der Waals surface area (Å²) in [4.78, 5) is 12.3. The SMILES string of the molecule is c1ccc(-c2cc(-c3ccc(-c4ccc(N(c5ccccc5)c5ccc(-c6ccc7c(c6)c6ccccc6n7-c6ccccc6)cc5)cc4)cc3)nc(-c3ccccc3)n2)cc1. The van der Waals surface area contributed by atoms with Crippen molar-refractivity contribution >= 4 is 38.9 Å². The van der Waals surface area contributed by atoms with Gasteiger partial charge in [-0.1, -0.05) is 170 Å². The molecule has 0 amide bonds. The molecule has 4 heteroatoms. The number of fused-ring (bicyclic) bond motifs is 3. The molecular formula is C58H40N4. The maximum absolute atomic E-state index is 5.03. The molecule has 0 N–H and O–H groups in total. The van der Waals surface area contributed by atoms with Crippen LogP contribution in [0.3, 0.4) is 0 Å². The molecule has 0 radical (unpaired) electrons. The summed E-state index contributed by atoms with van der Waals surface area (Å²) < 4.78 is 2.36. The Labute approximate surface area is 361 Å². The molecule has 0 spiro atoms. The molecule has 0 saturated heterocycles. The van der Waals surface area contributed by atoms with Gasteiger partial charge in [0.05, 0.1) is 22.4 Å². The van der Waals surface area contributed by atoms with Crippen molar-refractivity contribution in [3.05, 3.63) is 243 Å². The van der Waals surface area contributed by atoms with Gasteiger partial charge in [0.1, 0.15) is 0 Å². The average Bonchev–Trinajstić information content (AvgIpc) is 3.69. The number of anilines is 3. The summed E-state index contributed by atoms with van der Waals surface area (Å²) >= 11 is 0. The van der Waals surface area contributed by atoms with E-state index in [0.717, 1.165) is 62.0 Å². The first kappa shape index (κ1) is 36.7. The average molecular weight is 793 g/mol. The largest absolute Gasteiger partial charge is 0.311 e. The summed E-state index contributed by atoms with van der Waals surface area (Å²) in [5.74, 6) is 0.712. The van der Waals surface area contributed by atoms with Crippen LogP contribution < -0.4 is 4.90 Å². The molecule has 11 aromatic rings. The summed E-state index contributed by atoms with van der Waals surface area (Å²) in [5, 5.41) is 2.50. The Morgan fingerprint density at radius 2 is 0.710 bits per heavy atom. The Balaban J connectivity index is 0.889. The molecule has 2 heterocycles. The Kier molecular flexibility index (Phi) is 9.49. The molecule has 292 valence electrons. The lowest BCUT2D eigenvalue weighted by molar-refractivity contribution is 1.18. The van der Waals surface area contributed by atoms with E-state index in [2.05, 4.69) is 216 Å². The Bertz CT molecular complexity index is 3230. The van der Waals surface area contributed by atoms with E-state index >= 15 is 0 Å². The first-order valence-corrected chi connectivity index (χ1v) is 21.0. The van der Waals surface area contributed by atoms with Gasteiger partial charge in [0, 0.05) is 50.2 Å². The predicted octanol–water partition coefficient (Wildman–Crippen LogP) is 15.4. The van der Waals surface area contributed by atoms with Gasteiger partial charge in [-0.2, -0.15) is 0 Å². The lowest BCUT2D eigenvalue weighted by Crippen LogP contribution is -2.09. The van der Waals surface area contributed by atoms with E-state index < -0.39 is 0 Å². The number of para-hydroxylation sites is 3. The zero-order chi connectivity index (χ0) is 41.2. The Morgan fingerprint density at radius 1 is 0.290 bits per heavy atom. The lowest BCUT2D eigenvalue weighted by atomic mass is 10.0. The van der Waals surface area contributed by atoms with E-state index in [1.165, 1.54) is 32.9 Å². The van der Waals surface area contributed by atoms with Crippen molar-refractivity contribution in [2.24, 2.45) is 0 Å². The molecule has 0 aliphatic heterocycles. The van der Waals surface area contributed by atoms with E-state index in [1.807, 2.05) is 36.4 Å². The molecular weight excluding hydrogens is 753 g/mol. The van der Waals surface area contributed by atoms with Gasteiger partial charge in [0.25, 0.3) is 0 Å². The van der Waals surface area contributed by atoms with Crippen molar-refractivity contribution in [3.8, 4) is 61.8 Å². The number of hydrogen-bond acceptors (Lipinski definition) is 3. The van der Waals surface area contributed by atoms with E-state index in [1.54, 1.807) is 0 Å². The highest BCUT2D eigenvalue weighted by molar-refractivity contribution is 6.10. The first-order chi connectivity index (χ1) is 30.7. The second-order valence-corrected chi connectivity index (χ2v) is 15.5. The fraction of sp³-hybridized carbons (Fsp3) is 0. The lowest BCUT2D eigenvalue weighted by Gasteiger charge is -2.26. The van der Waals surface area contributed by atoms with Gasteiger partial charge in [-0.25, -0.2) is 9.97 Å². The van der Waals surface area contributed by atoms with Crippen LogP contribution in [0.15, 0.2) is 243 Å². The van der Waals surface area contributed by atoms with Crippen molar-refractivity contribution in [1.29, 1.82) is 0 Å². The minimum Gasteiger partial charge on any atom is -0.311 e. The van der Waals surface area contributed by atoms with Crippen LogP contribution >= 0.6 is 0 Å². The smallest absolute Gasteiger partial charge is 0.160 e. The maximum Gasteiger partial charge on any atom is 0.160 e. The van der Waals surface area contributed by atoms with Crippen LogP contribution in [0.25, 0.3) is 83.6 Å². The maximum atomic E-state index is 5.03. The highest BCUT2D eigenvalue weighted by atomic mass is 15.1. The van der Waals surface area contributed by atoms with Gasteiger partial charge in [-0.15, -0.1) is 0 Å². The highest BCUT2D eigenvalue weighted by Gasteiger charge is 2.16. The van der Waals surface area contributed by atoms with Crippen molar-refractivity contribution in [3.63, 3.8) is 0 Å². The van der Waals surface area contributed by atoms with Crippen molar-refractivity contribution in [2.45, 2.75) is 0 Å². The van der Waals surface area contributed by atoms with Gasteiger partial charge in [-0.3, -0.25) is 0 Å². The molecule has 0 bridgehead atoms. The third-order valence-corrected chi connectivity index (χ3v) is 11.6. The molecule has 11 rings (SSSR count). The minimum atomic E-state index is 0.712. The molecule has 9 aromatic carbocycles. The molecule has 0 aliphatic carbocycles. The third kappa shape index (κ3) is 7.00. The van der Waals surface area contributed by atoms with Crippen molar-refractivity contribution < 1.29 is 0 Å². The number of benzene rings is 9. The van der Waals surface area contributed by atoms with Crippen LogP contribution in [0.5, 0.6) is 0 Å². The molecule has 0 saturated carbocycles. The zero-order valence-corrected chi connectivity index (χ0v) is 33.9. The van der Waals surface area contributed by atoms with Crippen LogP contribution in [-0.2, 0) is 0 Å². The molecule has 4 nitrogen and oxygen atoms in total. The van der Waals surface area contributed by atoms with Crippen molar-refractivity contribution in [2.75, 3.05) is 4.90 Å². The Morgan fingerprint density at radius 3 is 1.32 bits per heavy atom. The second kappa shape index (κ2) is 16.0. The fourth-order valence-electron chi connectivity index (χ4n) is 8.54. The second-order valence-electron chi connectivity index (χ2n) is 15.5. The van der Waals surface area contributed by atoms with E-state index in [4.69, 9.17) is 9.97 Å². The topological polar surface area (TPSA) is 34.0 Å². The summed E-state index contributed by atoms with van der Waals surface area (Å²) in [7, 11) is 0. The summed E-state index contributed by atoms with van der Waals surface area (Å²) in [6.45, 7) is 0. The van der Waals surface area contributed by atoms with Crippen molar-refractivity contribution in [1.82, 2.24) is 14.5 Å². The molecule has 0 atom stereocenters. The van der Waals surface area contributed by atoms with Crippen LogP contribution in [0, 0.1) is 0 Å². The monoisotopic (exact) mass is 792 g/mol. The third-order valence-electron chi connectivity index (χ3n) is 11.6. The van der Waals surface area contributed by atoms with E-state index in [0.29, 0.717) is 5.82 Å². The van der Waals surface area contributed by atoms with Crippen LogP contribution in [-0.4, -0.2) is 14.5 Å². The summed E-state index contributed by atoms with van der Waals surface area (Å²) in [5.41, 5.74) is 16.4. The quantitative estimate of drug-likeness (QED) is 0.146. The molecule has 0 fully saturated rings. The molecule has 2 aromatic heterocycles. The summed E-state index contributed by atoms with van der Waals surface area (Å²) in [6.07, 6.45) is 0. The van der Waals surface area contributed by atoms with Gasteiger partial charge in [-0.05, 0) is 95.1 Å². The van der Waals surface area contributed by atoms with Gasteiger partial charge >= 0.3 is 0 Å². The number of nitrogens with zero attached hydrogens (tertiary/aromatic N) is 4. The predicted molar refractivity (Wildman–Crippen MR) is 258 cm³/mol.